The van der Waals surface area contributed by atoms with Crippen LogP contribution in [0, 0.1) is 17.5 Å². The fourth-order valence-corrected chi connectivity index (χ4v) is 4.08. The molecular formula is C14H12ClFN2S. The Hall–Kier alpha value is -1.13. The van der Waals surface area contributed by atoms with Crippen molar-refractivity contribution in [1.82, 2.24) is 9.55 Å². The zero-order valence-electron chi connectivity index (χ0n) is 10.3. The smallest absolute Gasteiger partial charge is 0.177 e. The van der Waals surface area contributed by atoms with Crippen LogP contribution in [0.2, 0.25) is 5.02 Å². The molecular weight excluding hydrogens is 283 g/mol. The lowest BCUT2D eigenvalue weighted by molar-refractivity contribution is 0.530. The van der Waals surface area contributed by atoms with E-state index in [-0.39, 0.29) is 11.2 Å². The molecule has 1 N–H and O–H groups in total. The monoisotopic (exact) mass is 294 g/mol. The minimum atomic E-state index is -0.162. The van der Waals surface area contributed by atoms with E-state index in [0.29, 0.717) is 10.9 Å². The van der Waals surface area contributed by atoms with Crippen molar-refractivity contribution in [3.8, 4) is 0 Å². The summed E-state index contributed by atoms with van der Waals surface area (Å²) in [5, 5.41) is 0.592. The Morgan fingerprint density at radius 1 is 1.53 bits per heavy atom. The van der Waals surface area contributed by atoms with Crippen molar-refractivity contribution in [2.45, 2.75) is 31.2 Å². The number of nitrogens with one attached hydrogen (secondary N) is 1. The molecule has 98 valence electrons. The predicted octanol–water partition coefficient (Wildman–Crippen LogP) is 4.09. The Kier molecular flexibility index (Phi) is 2.15. The highest BCUT2D eigenvalue weighted by molar-refractivity contribution is 7.71. The molecule has 2 heterocycles. The second kappa shape index (κ2) is 3.49. The number of H-pyrrole nitrogens is 1. The van der Waals surface area contributed by atoms with Crippen molar-refractivity contribution in [3.63, 3.8) is 0 Å². The van der Waals surface area contributed by atoms with E-state index in [0.717, 1.165) is 29.0 Å². The fourth-order valence-electron chi connectivity index (χ4n) is 3.59. The van der Waals surface area contributed by atoms with E-state index in [1.54, 1.807) is 12.1 Å². The topological polar surface area (TPSA) is 20.7 Å². The first-order chi connectivity index (χ1) is 9.03. The van der Waals surface area contributed by atoms with Crippen LogP contribution in [-0.4, -0.2) is 9.55 Å². The van der Waals surface area contributed by atoms with Crippen LogP contribution in [0.15, 0.2) is 18.2 Å². The highest BCUT2D eigenvalue weighted by atomic mass is 35.5. The molecule has 19 heavy (non-hydrogen) atoms. The second-order valence-corrected chi connectivity index (χ2v) is 6.39. The highest BCUT2D eigenvalue weighted by Gasteiger charge is 2.63. The zero-order chi connectivity index (χ0) is 13.4. The molecule has 2 aromatic rings. The van der Waals surface area contributed by atoms with Gasteiger partial charge in [0.1, 0.15) is 5.82 Å². The molecule has 1 aliphatic heterocycles. The van der Waals surface area contributed by atoms with E-state index < -0.39 is 0 Å². The van der Waals surface area contributed by atoms with Crippen molar-refractivity contribution in [2.24, 2.45) is 0 Å². The molecule has 0 saturated heterocycles. The second-order valence-electron chi connectivity index (χ2n) is 5.56. The summed E-state index contributed by atoms with van der Waals surface area (Å²) in [5.74, 6) is 0.207. The summed E-state index contributed by atoms with van der Waals surface area (Å²) in [6.45, 7) is 2.79. The molecule has 1 unspecified atom stereocenters. The molecule has 0 amide bonds. The molecule has 4 rings (SSSR count). The van der Waals surface area contributed by atoms with Crippen LogP contribution in [0.4, 0.5) is 4.39 Å². The molecule has 1 aromatic heterocycles. The van der Waals surface area contributed by atoms with E-state index in [9.17, 15) is 4.39 Å². The Labute approximate surface area is 120 Å². The first-order valence-electron chi connectivity index (χ1n) is 6.28. The number of aromatic amines is 1. The SMILES string of the molecule is Cc1[nH]c(=S)n2c1C1C[C@]1(c1cc(Cl)ccc1F)C2. The molecule has 5 heteroatoms. The lowest BCUT2D eigenvalue weighted by atomic mass is 9.93. The fraction of sp³-hybridized carbons (Fsp3) is 0.357. The Morgan fingerprint density at radius 3 is 3.05 bits per heavy atom. The summed E-state index contributed by atoms with van der Waals surface area (Å²) in [7, 11) is 0. The van der Waals surface area contributed by atoms with Crippen molar-refractivity contribution in [1.29, 1.82) is 0 Å². The first kappa shape index (κ1) is 11.7. The van der Waals surface area contributed by atoms with Crippen LogP contribution in [-0.2, 0) is 12.0 Å². The minimum absolute atomic E-state index is 0.127. The molecule has 0 radical (unpaired) electrons. The number of benzene rings is 1. The van der Waals surface area contributed by atoms with Gasteiger partial charge in [0.05, 0.1) is 0 Å². The average Bonchev–Trinajstić information content (AvgIpc) is 2.87. The normalized spacial score (nSPS) is 27.2. The molecule has 0 bridgehead atoms. The van der Waals surface area contributed by atoms with Gasteiger partial charge in [-0.1, -0.05) is 11.6 Å². The van der Waals surface area contributed by atoms with Gasteiger partial charge in [-0.3, -0.25) is 0 Å². The third kappa shape index (κ3) is 1.39. The quantitative estimate of drug-likeness (QED) is 0.786. The standard InChI is InChI=1S/C14H12ClFN2S/c1-7-12-10-5-14(10,6-18(12)13(19)17-7)9-4-8(15)2-3-11(9)16/h2-4,10H,5-6H2,1H3,(H,17,19)/t10?,14-/m1/s1. The summed E-state index contributed by atoms with van der Waals surface area (Å²) < 4.78 is 17.0. The minimum Gasteiger partial charge on any atom is -0.335 e. The number of hydrogen-bond acceptors (Lipinski definition) is 1. The largest absolute Gasteiger partial charge is 0.335 e. The van der Waals surface area contributed by atoms with E-state index >= 15 is 0 Å². The lowest BCUT2D eigenvalue weighted by Crippen LogP contribution is -2.14. The van der Waals surface area contributed by atoms with Crippen LogP contribution in [0.5, 0.6) is 0 Å². The van der Waals surface area contributed by atoms with Crippen LogP contribution in [0.25, 0.3) is 0 Å². The van der Waals surface area contributed by atoms with Gasteiger partial charge in [-0.15, -0.1) is 0 Å². The number of aromatic nitrogens is 2. The van der Waals surface area contributed by atoms with Crippen LogP contribution in [0.3, 0.4) is 0 Å². The number of halogens is 2. The molecule has 1 saturated carbocycles. The van der Waals surface area contributed by atoms with Crippen molar-refractivity contribution in [2.75, 3.05) is 0 Å². The molecule has 2 nitrogen and oxygen atoms in total. The third-order valence-electron chi connectivity index (χ3n) is 4.53. The number of aryl methyl sites for hydroxylation is 1. The van der Waals surface area contributed by atoms with Gasteiger partial charge in [-0.2, -0.15) is 0 Å². The van der Waals surface area contributed by atoms with E-state index in [4.69, 9.17) is 23.8 Å². The van der Waals surface area contributed by atoms with Gasteiger partial charge in [0, 0.05) is 34.3 Å². The Bertz CT molecular complexity index is 763. The summed E-state index contributed by atoms with van der Waals surface area (Å²) in [4.78, 5) is 3.19. The van der Waals surface area contributed by atoms with Gasteiger partial charge in [0.15, 0.2) is 4.77 Å². The molecule has 1 aliphatic carbocycles. The number of imidazole rings is 1. The van der Waals surface area contributed by atoms with Crippen LogP contribution in [0.1, 0.15) is 29.3 Å². The van der Waals surface area contributed by atoms with Gasteiger partial charge < -0.3 is 9.55 Å². The van der Waals surface area contributed by atoms with Crippen molar-refractivity contribution >= 4 is 23.8 Å². The summed E-state index contributed by atoms with van der Waals surface area (Å²) in [6.07, 6.45) is 0.984. The van der Waals surface area contributed by atoms with Crippen molar-refractivity contribution in [3.05, 3.63) is 50.8 Å². The van der Waals surface area contributed by atoms with Gasteiger partial charge in [-0.05, 0) is 49.3 Å². The number of hydrogen-bond donors (Lipinski definition) is 1. The van der Waals surface area contributed by atoms with E-state index in [2.05, 4.69) is 9.55 Å². The maximum absolute atomic E-state index is 14.1. The van der Waals surface area contributed by atoms with Crippen LogP contribution >= 0.6 is 23.8 Å². The molecule has 1 aromatic carbocycles. The zero-order valence-corrected chi connectivity index (χ0v) is 11.9. The number of nitrogens with zero attached hydrogens (tertiary/aromatic N) is 1. The average molecular weight is 295 g/mol. The Morgan fingerprint density at radius 2 is 2.32 bits per heavy atom. The van der Waals surface area contributed by atoms with E-state index in [1.807, 2.05) is 6.92 Å². The van der Waals surface area contributed by atoms with Gasteiger partial charge in [0.2, 0.25) is 0 Å². The highest BCUT2D eigenvalue weighted by Crippen LogP contribution is 2.66. The lowest BCUT2D eigenvalue weighted by Gasteiger charge is -2.14. The molecule has 1 fully saturated rings. The summed E-state index contributed by atoms with van der Waals surface area (Å²) in [6, 6.07) is 4.83. The molecule has 2 atom stereocenters. The van der Waals surface area contributed by atoms with Crippen molar-refractivity contribution < 1.29 is 4.39 Å². The van der Waals surface area contributed by atoms with E-state index in [1.165, 1.54) is 11.8 Å². The molecule has 0 spiro atoms. The van der Waals surface area contributed by atoms with Gasteiger partial charge >= 0.3 is 0 Å². The summed E-state index contributed by atoms with van der Waals surface area (Å²) in [5.41, 5.74) is 2.96. The molecule has 2 aliphatic rings. The summed E-state index contributed by atoms with van der Waals surface area (Å²) >= 11 is 11.3. The third-order valence-corrected chi connectivity index (χ3v) is 5.08. The van der Waals surface area contributed by atoms with Crippen LogP contribution < -0.4 is 0 Å². The first-order valence-corrected chi connectivity index (χ1v) is 7.06. The maximum atomic E-state index is 14.1. The van der Waals surface area contributed by atoms with Gasteiger partial charge in [0.25, 0.3) is 0 Å². The number of fused-ring (bicyclic) bond motifs is 3. The predicted molar refractivity (Wildman–Crippen MR) is 74.8 cm³/mol. The van der Waals surface area contributed by atoms with Gasteiger partial charge in [-0.25, -0.2) is 4.39 Å². The Balaban J connectivity index is 1.87. The maximum Gasteiger partial charge on any atom is 0.177 e. The number of rotatable bonds is 1.